The van der Waals surface area contributed by atoms with Crippen LogP contribution in [0.25, 0.3) is 11.4 Å². The van der Waals surface area contributed by atoms with Gasteiger partial charge in [-0.05, 0) is 11.1 Å². The van der Waals surface area contributed by atoms with Crippen LogP contribution in [0, 0.1) is 0 Å². The molecule has 2 aromatic heterocycles. The van der Waals surface area contributed by atoms with Crippen molar-refractivity contribution in [1.82, 2.24) is 14.8 Å². The summed E-state index contributed by atoms with van der Waals surface area (Å²) < 4.78 is 7.31. The van der Waals surface area contributed by atoms with Gasteiger partial charge in [-0.15, -0.1) is 0 Å². The summed E-state index contributed by atoms with van der Waals surface area (Å²) in [6.07, 6.45) is 3.05. The van der Waals surface area contributed by atoms with Crippen LogP contribution in [0.2, 0.25) is 0 Å². The van der Waals surface area contributed by atoms with Gasteiger partial charge in [-0.25, -0.2) is 4.98 Å². The van der Waals surface area contributed by atoms with Crippen LogP contribution in [0.15, 0.2) is 82.5 Å². The number of hydrogen-bond donors (Lipinski definition) is 1. The maximum atomic E-state index is 12.1. The standard InChI is InChI=1S/C22H17N3O3/c26-17-12-24-25-16(11-18-20(23-13-28-18)21(25)22(17)27)19(14-7-3-1-4-8-14)15-9-5-2-6-10-15/h1-10,12-13,16,19,27H,11H2. The number of benzene rings is 2. The van der Waals surface area contributed by atoms with Gasteiger partial charge in [0, 0.05) is 12.3 Å². The second kappa shape index (κ2) is 6.49. The van der Waals surface area contributed by atoms with E-state index >= 15 is 0 Å². The number of oxazole rings is 1. The third-order valence-corrected chi connectivity index (χ3v) is 5.26. The van der Waals surface area contributed by atoms with E-state index in [1.807, 2.05) is 36.4 Å². The van der Waals surface area contributed by atoms with Crippen LogP contribution in [-0.2, 0) is 6.42 Å². The Balaban J connectivity index is 1.76. The number of aromatic nitrogens is 3. The topological polar surface area (TPSA) is 81.2 Å². The predicted octanol–water partition coefficient (Wildman–Crippen LogP) is 3.53. The molecule has 0 aliphatic carbocycles. The number of nitrogens with zero attached hydrogens (tertiary/aromatic N) is 3. The summed E-state index contributed by atoms with van der Waals surface area (Å²) >= 11 is 0. The fourth-order valence-corrected chi connectivity index (χ4v) is 4.03. The van der Waals surface area contributed by atoms with Gasteiger partial charge in [0.05, 0.1) is 12.2 Å². The summed E-state index contributed by atoms with van der Waals surface area (Å²) in [5.74, 6) is 0.244. The van der Waals surface area contributed by atoms with Gasteiger partial charge >= 0.3 is 0 Å². The molecule has 0 bridgehead atoms. The third kappa shape index (κ3) is 2.53. The molecule has 138 valence electrons. The van der Waals surface area contributed by atoms with Crippen molar-refractivity contribution in [2.45, 2.75) is 18.4 Å². The summed E-state index contributed by atoms with van der Waals surface area (Å²) in [5.41, 5.74) is 2.49. The van der Waals surface area contributed by atoms with Gasteiger partial charge in [0.2, 0.25) is 5.43 Å². The van der Waals surface area contributed by atoms with Crippen molar-refractivity contribution in [3.05, 3.63) is 100 Å². The Morgan fingerprint density at radius 3 is 2.32 bits per heavy atom. The average molecular weight is 371 g/mol. The van der Waals surface area contributed by atoms with Crippen LogP contribution < -0.4 is 5.43 Å². The molecule has 1 N–H and O–H groups in total. The van der Waals surface area contributed by atoms with Gasteiger partial charge in [0.15, 0.2) is 12.1 Å². The molecule has 0 fully saturated rings. The molecule has 6 heteroatoms. The van der Waals surface area contributed by atoms with E-state index < -0.39 is 5.43 Å². The second-order valence-electron chi connectivity index (χ2n) is 6.85. The highest BCUT2D eigenvalue weighted by Crippen LogP contribution is 2.44. The Morgan fingerprint density at radius 2 is 1.68 bits per heavy atom. The normalized spacial score (nSPS) is 15.2. The summed E-state index contributed by atoms with van der Waals surface area (Å²) in [4.78, 5) is 16.3. The van der Waals surface area contributed by atoms with Gasteiger partial charge in [0.1, 0.15) is 17.1 Å². The fraction of sp³-hybridized carbons (Fsp3) is 0.136. The molecule has 2 aromatic carbocycles. The van der Waals surface area contributed by atoms with Crippen LogP contribution in [0.1, 0.15) is 28.8 Å². The zero-order valence-corrected chi connectivity index (χ0v) is 14.9. The summed E-state index contributed by atoms with van der Waals surface area (Å²) in [7, 11) is 0. The molecule has 3 heterocycles. The molecule has 0 spiro atoms. The Morgan fingerprint density at radius 1 is 1.04 bits per heavy atom. The van der Waals surface area contributed by atoms with Crippen molar-refractivity contribution in [1.29, 1.82) is 0 Å². The zero-order valence-electron chi connectivity index (χ0n) is 14.9. The lowest BCUT2D eigenvalue weighted by Crippen LogP contribution is -2.29. The minimum absolute atomic E-state index is 0.0474. The molecule has 1 atom stereocenters. The summed E-state index contributed by atoms with van der Waals surface area (Å²) in [6, 6.07) is 20.1. The van der Waals surface area contributed by atoms with Gasteiger partial charge in [-0.1, -0.05) is 60.7 Å². The lowest BCUT2D eigenvalue weighted by Gasteiger charge is -2.33. The van der Waals surface area contributed by atoms with E-state index in [-0.39, 0.29) is 17.7 Å². The lowest BCUT2D eigenvalue weighted by atomic mass is 9.81. The predicted molar refractivity (Wildman–Crippen MR) is 103 cm³/mol. The largest absolute Gasteiger partial charge is 0.503 e. The number of rotatable bonds is 3. The summed E-state index contributed by atoms with van der Waals surface area (Å²) in [5, 5.41) is 14.9. The van der Waals surface area contributed by atoms with E-state index in [1.165, 1.54) is 6.39 Å². The van der Waals surface area contributed by atoms with Gasteiger partial charge < -0.3 is 9.52 Å². The number of aromatic hydroxyl groups is 1. The molecule has 0 radical (unpaired) electrons. The molecular formula is C22H17N3O3. The average Bonchev–Trinajstić information content (AvgIpc) is 3.21. The highest BCUT2D eigenvalue weighted by molar-refractivity contribution is 5.65. The first-order chi connectivity index (χ1) is 13.7. The van der Waals surface area contributed by atoms with Gasteiger partial charge in [0.25, 0.3) is 0 Å². The van der Waals surface area contributed by atoms with Gasteiger partial charge in [-0.2, -0.15) is 5.10 Å². The van der Waals surface area contributed by atoms with Crippen molar-refractivity contribution in [3.8, 4) is 17.1 Å². The molecule has 1 aliphatic rings. The molecule has 1 unspecified atom stereocenters. The monoisotopic (exact) mass is 371 g/mol. The quantitative estimate of drug-likeness (QED) is 0.596. The Bertz CT molecular complexity index is 1140. The van der Waals surface area contributed by atoms with E-state index in [0.717, 1.165) is 17.3 Å². The van der Waals surface area contributed by atoms with Crippen LogP contribution in [-0.4, -0.2) is 19.9 Å². The lowest BCUT2D eigenvalue weighted by molar-refractivity contribution is 0.350. The van der Waals surface area contributed by atoms with Crippen molar-refractivity contribution in [2.75, 3.05) is 0 Å². The maximum Gasteiger partial charge on any atom is 0.242 e. The van der Waals surface area contributed by atoms with Crippen molar-refractivity contribution in [2.24, 2.45) is 0 Å². The van der Waals surface area contributed by atoms with Crippen molar-refractivity contribution >= 4 is 0 Å². The van der Waals surface area contributed by atoms with E-state index in [2.05, 4.69) is 34.3 Å². The SMILES string of the molecule is O=c1cnn2c(c1O)-c1ncoc1CC2C(c1ccccc1)c1ccccc1. The van der Waals surface area contributed by atoms with E-state index in [9.17, 15) is 9.90 Å². The third-order valence-electron chi connectivity index (χ3n) is 5.26. The molecule has 5 rings (SSSR count). The van der Waals surface area contributed by atoms with E-state index in [4.69, 9.17) is 4.42 Å². The number of hydrogen-bond acceptors (Lipinski definition) is 5. The highest BCUT2D eigenvalue weighted by Gasteiger charge is 2.37. The molecule has 0 amide bonds. The van der Waals surface area contributed by atoms with Gasteiger partial charge in [-0.3, -0.25) is 9.48 Å². The van der Waals surface area contributed by atoms with Crippen LogP contribution in [0.4, 0.5) is 0 Å². The first kappa shape index (κ1) is 16.5. The minimum Gasteiger partial charge on any atom is -0.503 e. The van der Waals surface area contributed by atoms with Crippen LogP contribution in [0.3, 0.4) is 0 Å². The van der Waals surface area contributed by atoms with E-state index in [0.29, 0.717) is 23.6 Å². The maximum absolute atomic E-state index is 12.1. The molecule has 28 heavy (non-hydrogen) atoms. The zero-order chi connectivity index (χ0) is 19.1. The van der Waals surface area contributed by atoms with Crippen LogP contribution >= 0.6 is 0 Å². The molecule has 0 saturated carbocycles. The second-order valence-corrected chi connectivity index (χ2v) is 6.85. The summed E-state index contributed by atoms with van der Waals surface area (Å²) in [6.45, 7) is 0. The van der Waals surface area contributed by atoms with Crippen molar-refractivity contribution in [3.63, 3.8) is 0 Å². The smallest absolute Gasteiger partial charge is 0.242 e. The first-order valence-corrected chi connectivity index (χ1v) is 9.07. The Hall–Kier alpha value is -3.67. The molecule has 6 nitrogen and oxygen atoms in total. The van der Waals surface area contributed by atoms with Crippen LogP contribution in [0.5, 0.6) is 5.75 Å². The molecule has 4 aromatic rings. The number of fused-ring (bicyclic) bond motifs is 3. The first-order valence-electron chi connectivity index (χ1n) is 9.07. The minimum atomic E-state index is -0.531. The molecule has 0 saturated heterocycles. The molecular weight excluding hydrogens is 354 g/mol. The highest BCUT2D eigenvalue weighted by atomic mass is 16.3. The van der Waals surface area contributed by atoms with E-state index in [1.54, 1.807) is 4.68 Å². The Labute approximate surface area is 160 Å². The van der Waals surface area contributed by atoms with Crippen molar-refractivity contribution < 1.29 is 9.52 Å². The fourth-order valence-electron chi connectivity index (χ4n) is 4.03. The molecule has 1 aliphatic heterocycles. The Kier molecular flexibility index (Phi) is 3.83.